The molecular formula is C18H21ClN2O4. The van der Waals surface area contributed by atoms with Gasteiger partial charge in [-0.15, -0.1) is 12.4 Å². The molecule has 0 saturated heterocycles. The summed E-state index contributed by atoms with van der Waals surface area (Å²) >= 11 is 0. The number of rotatable bonds is 5. The predicted octanol–water partition coefficient (Wildman–Crippen LogP) is 3.35. The first kappa shape index (κ1) is 18.7. The zero-order valence-electron chi connectivity index (χ0n) is 14.3. The normalized spacial score (nSPS) is 11.6. The van der Waals surface area contributed by atoms with E-state index in [1.165, 1.54) is 21.3 Å². The number of hydrogen-bond donors (Lipinski definition) is 2. The minimum absolute atomic E-state index is 0. The fraction of sp³-hybridized carbons (Fsp3) is 0.278. The van der Waals surface area contributed by atoms with E-state index in [0.29, 0.717) is 28.5 Å². The zero-order chi connectivity index (χ0) is 17.1. The highest BCUT2D eigenvalue weighted by atomic mass is 35.5. The molecule has 0 saturated carbocycles. The van der Waals surface area contributed by atoms with Crippen LogP contribution in [0.15, 0.2) is 30.3 Å². The maximum atomic E-state index is 12.5. The van der Waals surface area contributed by atoms with Crippen LogP contribution in [0.25, 0.3) is 0 Å². The van der Waals surface area contributed by atoms with Gasteiger partial charge in [0, 0.05) is 35.6 Å². The van der Waals surface area contributed by atoms with Gasteiger partial charge in [0.2, 0.25) is 5.75 Å². The van der Waals surface area contributed by atoms with Crippen LogP contribution in [0, 0.1) is 0 Å². The first-order chi connectivity index (χ1) is 11.7. The molecule has 1 amide bonds. The second-order valence-electron chi connectivity index (χ2n) is 5.42. The van der Waals surface area contributed by atoms with Crippen molar-refractivity contribution in [3.63, 3.8) is 0 Å². The van der Waals surface area contributed by atoms with Gasteiger partial charge in [-0.05, 0) is 30.2 Å². The molecule has 2 aromatic carbocycles. The summed E-state index contributed by atoms with van der Waals surface area (Å²) < 4.78 is 15.9. The Hall–Kier alpha value is -2.60. The number of carbonyl (C=O) groups excluding carboxylic acids is 1. The molecule has 2 N–H and O–H groups in total. The summed E-state index contributed by atoms with van der Waals surface area (Å²) in [5.74, 6) is 1.29. The van der Waals surface area contributed by atoms with E-state index in [9.17, 15) is 4.79 Å². The molecule has 1 aliphatic heterocycles. The van der Waals surface area contributed by atoms with Crippen molar-refractivity contribution in [2.24, 2.45) is 0 Å². The number of fused-ring (bicyclic) bond motifs is 1. The molecular weight excluding hydrogens is 344 g/mol. The van der Waals surface area contributed by atoms with E-state index in [1.807, 2.05) is 18.2 Å². The van der Waals surface area contributed by atoms with Crippen LogP contribution in [0.4, 0.5) is 11.4 Å². The number of amides is 1. The highest BCUT2D eigenvalue weighted by Crippen LogP contribution is 2.40. The smallest absolute Gasteiger partial charge is 0.255 e. The van der Waals surface area contributed by atoms with E-state index < -0.39 is 0 Å². The number of anilines is 2. The average Bonchev–Trinajstić information content (AvgIpc) is 3.08. The van der Waals surface area contributed by atoms with E-state index in [1.54, 1.807) is 12.1 Å². The summed E-state index contributed by atoms with van der Waals surface area (Å²) in [6, 6.07) is 9.07. The van der Waals surface area contributed by atoms with E-state index in [4.69, 9.17) is 14.2 Å². The van der Waals surface area contributed by atoms with Crippen LogP contribution in [-0.4, -0.2) is 33.8 Å². The topological polar surface area (TPSA) is 68.8 Å². The lowest BCUT2D eigenvalue weighted by molar-refractivity contribution is 0.102. The van der Waals surface area contributed by atoms with Gasteiger partial charge in [-0.2, -0.15) is 0 Å². The second kappa shape index (κ2) is 7.98. The molecule has 0 unspecified atom stereocenters. The van der Waals surface area contributed by atoms with E-state index in [-0.39, 0.29) is 18.3 Å². The fourth-order valence-electron chi connectivity index (χ4n) is 2.80. The minimum atomic E-state index is -0.182. The van der Waals surface area contributed by atoms with Crippen molar-refractivity contribution in [2.45, 2.75) is 6.42 Å². The van der Waals surface area contributed by atoms with Crippen LogP contribution >= 0.6 is 12.4 Å². The average molecular weight is 365 g/mol. The van der Waals surface area contributed by atoms with Crippen molar-refractivity contribution < 1.29 is 19.0 Å². The summed E-state index contributed by atoms with van der Waals surface area (Å²) in [4.78, 5) is 12.5. The maximum Gasteiger partial charge on any atom is 0.255 e. The Morgan fingerprint density at radius 3 is 2.32 bits per heavy atom. The monoisotopic (exact) mass is 364 g/mol. The number of halogens is 1. The van der Waals surface area contributed by atoms with Crippen molar-refractivity contribution >= 4 is 29.7 Å². The molecule has 1 heterocycles. The molecule has 0 radical (unpaired) electrons. The van der Waals surface area contributed by atoms with Crippen LogP contribution in [0.5, 0.6) is 17.2 Å². The Labute approximate surface area is 152 Å². The number of methoxy groups -OCH3 is 3. The van der Waals surface area contributed by atoms with Crippen molar-refractivity contribution in [1.29, 1.82) is 0 Å². The Kier molecular flexibility index (Phi) is 5.98. The largest absolute Gasteiger partial charge is 0.493 e. The summed E-state index contributed by atoms with van der Waals surface area (Å²) in [7, 11) is 4.62. The molecule has 0 spiro atoms. The Morgan fingerprint density at radius 2 is 1.72 bits per heavy atom. The Bertz CT molecular complexity index is 755. The second-order valence-corrected chi connectivity index (χ2v) is 5.42. The molecule has 25 heavy (non-hydrogen) atoms. The summed E-state index contributed by atoms with van der Waals surface area (Å²) in [6.45, 7) is 0.910. The van der Waals surface area contributed by atoms with Crippen LogP contribution < -0.4 is 24.8 Å². The molecule has 2 aromatic rings. The molecule has 134 valence electrons. The van der Waals surface area contributed by atoms with Gasteiger partial charge >= 0.3 is 0 Å². The number of carbonyl (C=O) groups is 1. The quantitative estimate of drug-likeness (QED) is 0.851. The molecule has 0 aliphatic carbocycles. The van der Waals surface area contributed by atoms with Crippen LogP contribution in [0.3, 0.4) is 0 Å². The first-order valence-electron chi connectivity index (χ1n) is 7.64. The molecule has 3 rings (SSSR count). The van der Waals surface area contributed by atoms with Crippen molar-refractivity contribution in [2.75, 3.05) is 38.5 Å². The SMILES string of the molecule is COc1cc(NC(=O)c2ccc3c(c2)CCN3)cc(OC)c1OC.Cl. The number of benzene rings is 2. The molecule has 1 aliphatic rings. The van der Waals surface area contributed by atoms with Gasteiger partial charge < -0.3 is 24.8 Å². The van der Waals surface area contributed by atoms with Crippen molar-refractivity contribution in [1.82, 2.24) is 0 Å². The van der Waals surface area contributed by atoms with E-state index >= 15 is 0 Å². The molecule has 6 nitrogen and oxygen atoms in total. The van der Waals surface area contributed by atoms with E-state index in [0.717, 1.165) is 24.2 Å². The lowest BCUT2D eigenvalue weighted by Gasteiger charge is -2.14. The van der Waals surface area contributed by atoms with Gasteiger partial charge in [0.05, 0.1) is 21.3 Å². The van der Waals surface area contributed by atoms with Crippen molar-refractivity contribution in [3.05, 3.63) is 41.5 Å². The zero-order valence-corrected chi connectivity index (χ0v) is 15.2. The molecule has 0 atom stereocenters. The third kappa shape index (κ3) is 3.74. The first-order valence-corrected chi connectivity index (χ1v) is 7.64. The number of nitrogens with one attached hydrogen (secondary N) is 2. The fourth-order valence-corrected chi connectivity index (χ4v) is 2.80. The number of ether oxygens (including phenoxy) is 3. The van der Waals surface area contributed by atoms with Gasteiger partial charge in [0.25, 0.3) is 5.91 Å². The molecule has 0 bridgehead atoms. The van der Waals surface area contributed by atoms with Crippen LogP contribution in [0.1, 0.15) is 15.9 Å². The maximum absolute atomic E-state index is 12.5. The van der Waals surface area contributed by atoms with Gasteiger partial charge in [-0.1, -0.05) is 0 Å². The van der Waals surface area contributed by atoms with Crippen LogP contribution in [-0.2, 0) is 6.42 Å². The van der Waals surface area contributed by atoms with Gasteiger partial charge in [-0.3, -0.25) is 4.79 Å². The third-order valence-electron chi connectivity index (χ3n) is 4.00. The lowest BCUT2D eigenvalue weighted by Crippen LogP contribution is -2.12. The van der Waals surface area contributed by atoms with Gasteiger partial charge in [0.1, 0.15) is 0 Å². The Balaban J connectivity index is 0.00000225. The lowest BCUT2D eigenvalue weighted by atomic mass is 10.1. The highest BCUT2D eigenvalue weighted by molar-refractivity contribution is 6.05. The number of hydrogen-bond acceptors (Lipinski definition) is 5. The highest BCUT2D eigenvalue weighted by Gasteiger charge is 2.17. The molecule has 0 aromatic heterocycles. The van der Waals surface area contributed by atoms with Gasteiger partial charge in [-0.25, -0.2) is 0 Å². The molecule has 7 heteroatoms. The van der Waals surface area contributed by atoms with Crippen molar-refractivity contribution in [3.8, 4) is 17.2 Å². The van der Waals surface area contributed by atoms with E-state index in [2.05, 4.69) is 10.6 Å². The molecule has 0 fully saturated rings. The third-order valence-corrected chi connectivity index (χ3v) is 4.00. The minimum Gasteiger partial charge on any atom is -0.493 e. The summed E-state index contributed by atoms with van der Waals surface area (Å²) in [5, 5.41) is 6.16. The summed E-state index contributed by atoms with van der Waals surface area (Å²) in [5.41, 5.74) is 3.45. The standard InChI is InChI=1S/C18H20N2O4.ClH/c1-22-15-9-13(10-16(23-2)17(15)24-3)20-18(21)12-4-5-14-11(8-12)6-7-19-14;/h4-5,8-10,19H,6-7H2,1-3H3,(H,20,21);1H. The Morgan fingerprint density at radius 1 is 1.04 bits per heavy atom. The summed E-state index contributed by atoms with van der Waals surface area (Å²) in [6.07, 6.45) is 0.931. The van der Waals surface area contributed by atoms with Gasteiger partial charge in [0.15, 0.2) is 11.5 Å². The predicted molar refractivity (Wildman–Crippen MR) is 99.9 cm³/mol. The van der Waals surface area contributed by atoms with Crippen LogP contribution in [0.2, 0.25) is 0 Å².